The highest BCUT2D eigenvalue weighted by atomic mass is 32.2. The molecule has 154 valence electrons. The number of nitrogens with zero attached hydrogens (tertiary/aromatic N) is 2. The number of piperidine rings is 1. The van der Waals surface area contributed by atoms with Crippen LogP contribution >= 0.6 is 11.8 Å². The zero-order valence-electron chi connectivity index (χ0n) is 15.5. The predicted molar refractivity (Wildman–Crippen MR) is 106 cm³/mol. The van der Waals surface area contributed by atoms with Gasteiger partial charge < -0.3 is 10.4 Å². The van der Waals surface area contributed by atoms with Gasteiger partial charge in [0.05, 0.1) is 17.0 Å². The summed E-state index contributed by atoms with van der Waals surface area (Å²) in [5.74, 6) is 2.73. The molecule has 9 heteroatoms. The highest BCUT2D eigenvalue weighted by molar-refractivity contribution is 8.18. The lowest BCUT2D eigenvalue weighted by Gasteiger charge is -2.31. The van der Waals surface area contributed by atoms with Gasteiger partial charge in [-0.2, -0.15) is 18.2 Å². The van der Waals surface area contributed by atoms with Gasteiger partial charge in [0.25, 0.3) is 0 Å². The Bertz CT molecular complexity index is 882. The normalized spacial score (nSPS) is 20.0. The Morgan fingerprint density at radius 2 is 2.10 bits per heavy atom. The molecule has 5 nitrogen and oxygen atoms in total. The minimum Gasteiger partial charge on any atom is -0.508 e. The molecule has 0 bridgehead atoms. The summed E-state index contributed by atoms with van der Waals surface area (Å²) in [6, 6.07) is 3.37. The van der Waals surface area contributed by atoms with Crippen molar-refractivity contribution < 1.29 is 23.1 Å². The number of hydrogen-bond donors (Lipinski definition) is 2. The standard InChI is InChI=1S/C20H20F3N3O2S/c1-2-7-24-18-17(29-19(28)25-18)10-13-5-8-26(9-6-13)12-14-3-4-15(27)11-16(14)20(21,22)23/h1,3-4,10-11,13,27H,5-9,12H2,(H,24,25,28). The van der Waals surface area contributed by atoms with Crippen molar-refractivity contribution in [1.29, 1.82) is 0 Å². The summed E-state index contributed by atoms with van der Waals surface area (Å²) >= 11 is 1.05. The second kappa shape index (κ2) is 8.93. The lowest BCUT2D eigenvalue weighted by Crippen LogP contribution is -2.33. The molecule has 2 heterocycles. The molecule has 1 saturated heterocycles. The molecule has 0 aliphatic carbocycles. The summed E-state index contributed by atoms with van der Waals surface area (Å²) in [5.41, 5.74) is -0.653. The number of hydrogen-bond acceptors (Lipinski definition) is 5. The van der Waals surface area contributed by atoms with Crippen LogP contribution in [0.3, 0.4) is 0 Å². The van der Waals surface area contributed by atoms with E-state index in [1.54, 1.807) is 0 Å². The molecule has 0 saturated carbocycles. The number of aliphatic imine (C=N–C) groups is 1. The van der Waals surface area contributed by atoms with E-state index in [0.29, 0.717) is 18.9 Å². The van der Waals surface area contributed by atoms with Crippen molar-refractivity contribution in [3.05, 3.63) is 40.3 Å². The molecule has 0 atom stereocenters. The van der Waals surface area contributed by atoms with E-state index in [9.17, 15) is 23.1 Å². The van der Waals surface area contributed by atoms with Crippen molar-refractivity contribution in [3.8, 4) is 18.1 Å². The third-order valence-corrected chi connectivity index (χ3v) is 5.62. The van der Waals surface area contributed by atoms with Gasteiger partial charge in [-0.3, -0.25) is 9.69 Å². The third-order valence-electron chi connectivity index (χ3n) is 4.80. The molecule has 2 aliphatic rings. The smallest absolute Gasteiger partial charge is 0.416 e. The number of allylic oxidation sites excluding steroid dienone is 1. The molecule has 2 aliphatic heterocycles. The van der Waals surface area contributed by atoms with E-state index < -0.39 is 17.5 Å². The van der Waals surface area contributed by atoms with Crippen molar-refractivity contribution in [3.63, 3.8) is 0 Å². The molecule has 0 unspecified atom stereocenters. The lowest BCUT2D eigenvalue weighted by atomic mass is 9.95. The number of benzene rings is 1. The van der Waals surface area contributed by atoms with Gasteiger partial charge in [-0.1, -0.05) is 18.1 Å². The van der Waals surface area contributed by atoms with Gasteiger partial charge >= 0.3 is 11.4 Å². The molecule has 1 aromatic carbocycles. The Labute approximate surface area is 171 Å². The zero-order chi connectivity index (χ0) is 21.0. The summed E-state index contributed by atoms with van der Waals surface area (Å²) in [4.78, 5) is 18.2. The highest BCUT2D eigenvalue weighted by Crippen LogP contribution is 2.35. The number of likely N-dealkylation sites (tertiary alicyclic amines) is 1. The highest BCUT2D eigenvalue weighted by Gasteiger charge is 2.34. The van der Waals surface area contributed by atoms with Gasteiger partial charge in [0, 0.05) is 6.54 Å². The van der Waals surface area contributed by atoms with E-state index in [2.05, 4.69) is 16.2 Å². The Balaban J connectivity index is 1.61. The van der Waals surface area contributed by atoms with E-state index >= 15 is 0 Å². The molecule has 1 fully saturated rings. The van der Waals surface area contributed by atoms with Crippen LogP contribution in [0.1, 0.15) is 24.0 Å². The number of amidine groups is 1. The Morgan fingerprint density at radius 1 is 1.38 bits per heavy atom. The predicted octanol–water partition coefficient (Wildman–Crippen LogP) is 4.00. The topological polar surface area (TPSA) is 64.9 Å². The fraction of sp³-hybridized carbons (Fsp3) is 0.400. The van der Waals surface area contributed by atoms with Gasteiger partial charge in [-0.05, 0) is 61.3 Å². The summed E-state index contributed by atoms with van der Waals surface area (Å²) in [6.07, 6.45) is 4.24. The molecular formula is C20H20F3N3O2S. The monoisotopic (exact) mass is 423 g/mol. The number of nitrogens with one attached hydrogen (secondary N) is 1. The molecule has 2 N–H and O–H groups in total. The SMILES string of the molecule is C#CCNC1=NC(=O)SC1=CC1CCN(Cc2ccc(O)cc2C(F)(F)F)CC1. The van der Waals surface area contributed by atoms with Crippen LogP contribution < -0.4 is 5.32 Å². The zero-order valence-corrected chi connectivity index (χ0v) is 16.3. The van der Waals surface area contributed by atoms with Crippen LogP contribution in [0.2, 0.25) is 0 Å². The van der Waals surface area contributed by atoms with Crippen molar-refractivity contribution in [2.45, 2.75) is 25.6 Å². The number of aromatic hydroxyl groups is 1. The Morgan fingerprint density at radius 3 is 2.76 bits per heavy atom. The maximum absolute atomic E-state index is 13.2. The van der Waals surface area contributed by atoms with Crippen LogP contribution in [0.15, 0.2) is 34.2 Å². The molecule has 0 aromatic heterocycles. The summed E-state index contributed by atoms with van der Waals surface area (Å²) in [6.45, 7) is 1.71. The minimum atomic E-state index is -4.51. The Kier molecular flexibility index (Phi) is 6.55. The quantitative estimate of drug-likeness (QED) is 0.717. The number of phenols is 1. The van der Waals surface area contributed by atoms with Gasteiger partial charge in [0.15, 0.2) is 0 Å². The number of thioether (sulfide) groups is 1. The number of terminal acetylenes is 1. The maximum Gasteiger partial charge on any atom is 0.416 e. The summed E-state index contributed by atoms with van der Waals surface area (Å²) in [7, 11) is 0. The molecule has 0 spiro atoms. The molecule has 0 radical (unpaired) electrons. The van der Waals surface area contributed by atoms with Gasteiger partial charge in [0.2, 0.25) is 0 Å². The number of carbonyl (C=O) groups excluding carboxylic acids is 1. The molecular weight excluding hydrogens is 403 g/mol. The van der Waals surface area contributed by atoms with E-state index in [4.69, 9.17) is 6.42 Å². The van der Waals surface area contributed by atoms with Crippen LogP contribution in [-0.4, -0.2) is 40.7 Å². The minimum absolute atomic E-state index is 0.150. The number of carbonyl (C=O) groups is 1. The van der Waals surface area contributed by atoms with Crippen LogP contribution in [-0.2, 0) is 12.7 Å². The Hall–Kier alpha value is -2.44. The van der Waals surface area contributed by atoms with Gasteiger partial charge in [-0.15, -0.1) is 6.42 Å². The number of phenolic OH excluding ortho intramolecular Hbond substituents is 1. The van der Waals surface area contributed by atoms with Gasteiger partial charge in [-0.25, -0.2) is 0 Å². The number of halogens is 3. The largest absolute Gasteiger partial charge is 0.508 e. The van der Waals surface area contributed by atoms with Crippen LogP contribution in [0.5, 0.6) is 5.75 Å². The maximum atomic E-state index is 13.2. The first kappa shape index (κ1) is 21.3. The number of alkyl halides is 3. The van der Waals surface area contributed by atoms with Crippen molar-refractivity contribution in [1.82, 2.24) is 10.2 Å². The summed E-state index contributed by atoms with van der Waals surface area (Å²) < 4.78 is 39.7. The third kappa shape index (κ3) is 5.55. The van der Waals surface area contributed by atoms with Crippen LogP contribution in [0, 0.1) is 18.3 Å². The second-order valence-corrected chi connectivity index (χ2v) is 7.86. The molecule has 3 rings (SSSR count). The first-order valence-electron chi connectivity index (χ1n) is 9.07. The van der Waals surface area contributed by atoms with Crippen molar-refractivity contribution >= 4 is 22.8 Å². The fourth-order valence-corrected chi connectivity index (χ4v) is 4.18. The van der Waals surface area contributed by atoms with E-state index in [1.165, 1.54) is 12.1 Å². The first-order valence-corrected chi connectivity index (χ1v) is 9.89. The average Bonchev–Trinajstić information content (AvgIpc) is 3.01. The van der Waals surface area contributed by atoms with E-state index in [1.807, 2.05) is 11.0 Å². The number of amides is 1. The average molecular weight is 423 g/mol. The van der Waals surface area contributed by atoms with E-state index in [-0.39, 0.29) is 29.8 Å². The summed E-state index contributed by atoms with van der Waals surface area (Å²) in [5, 5.41) is 12.0. The van der Waals surface area contributed by atoms with Gasteiger partial charge in [0.1, 0.15) is 11.6 Å². The number of rotatable bonds is 4. The fourth-order valence-electron chi connectivity index (χ4n) is 3.38. The van der Waals surface area contributed by atoms with Crippen LogP contribution in [0.25, 0.3) is 0 Å². The van der Waals surface area contributed by atoms with E-state index in [0.717, 1.165) is 35.6 Å². The van der Waals surface area contributed by atoms with Crippen molar-refractivity contribution in [2.75, 3.05) is 19.6 Å². The second-order valence-electron chi connectivity index (χ2n) is 6.87. The molecule has 1 aromatic rings. The molecule has 1 amide bonds. The van der Waals surface area contributed by atoms with Crippen LogP contribution in [0.4, 0.5) is 18.0 Å². The molecule has 29 heavy (non-hydrogen) atoms. The lowest BCUT2D eigenvalue weighted by molar-refractivity contribution is -0.138. The first-order chi connectivity index (χ1) is 13.8. The van der Waals surface area contributed by atoms with Crippen molar-refractivity contribution in [2.24, 2.45) is 10.9 Å².